The van der Waals surface area contributed by atoms with Crippen molar-refractivity contribution in [3.8, 4) is 5.75 Å². The topological polar surface area (TPSA) is 77.8 Å². The van der Waals surface area contributed by atoms with Crippen LogP contribution in [0, 0.1) is 13.8 Å². The molecule has 0 aliphatic carbocycles. The van der Waals surface area contributed by atoms with Gasteiger partial charge < -0.3 is 19.2 Å². The van der Waals surface area contributed by atoms with Crippen LogP contribution >= 0.6 is 0 Å². The Labute approximate surface area is 163 Å². The van der Waals surface area contributed by atoms with Crippen LogP contribution in [0.5, 0.6) is 5.75 Å². The number of methoxy groups -OCH3 is 1. The minimum absolute atomic E-state index is 0.0295. The van der Waals surface area contributed by atoms with E-state index < -0.39 is 18.0 Å². The van der Waals surface area contributed by atoms with Gasteiger partial charge in [0.25, 0.3) is 5.91 Å². The van der Waals surface area contributed by atoms with Crippen LogP contribution < -0.4 is 10.1 Å². The van der Waals surface area contributed by atoms with E-state index in [1.165, 1.54) is 14.0 Å². The number of rotatable bonds is 6. The molecule has 6 nitrogen and oxygen atoms in total. The minimum atomic E-state index is -0.945. The van der Waals surface area contributed by atoms with Gasteiger partial charge in [-0.05, 0) is 56.2 Å². The minimum Gasteiger partial charge on any atom is -0.495 e. The van der Waals surface area contributed by atoms with E-state index in [2.05, 4.69) is 5.32 Å². The van der Waals surface area contributed by atoms with Crippen molar-refractivity contribution in [2.45, 2.75) is 33.3 Å². The van der Waals surface area contributed by atoms with Gasteiger partial charge in [-0.2, -0.15) is 0 Å². The zero-order chi connectivity index (χ0) is 20.3. The Kier molecular flexibility index (Phi) is 5.68. The van der Waals surface area contributed by atoms with Crippen LogP contribution in [-0.4, -0.2) is 25.1 Å². The van der Waals surface area contributed by atoms with E-state index in [0.29, 0.717) is 11.4 Å². The standard InChI is InChI=1S/C22H23NO5/c1-13-9-17-16(12-27-20(17)10-14(13)2)11-21(24)28-15(3)22(25)23-18-7-5-6-8-19(18)26-4/h5-10,12,15H,11H2,1-4H3,(H,23,25). The number of benzene rings is 2. The molecule has 0 fully saturated rings. The second-order valence-electron chi connectivity index (χ2n) is 6.69. The van der Waals surface area contributed by atoms with Gasteiger partial charge in [0.15, 0.2) is 6.10 Å². The van der Waals surface area contributed by atoms with E-state index >= 15 is 0 Å². The third kappa shape index (κ3) is 4.17. The first-order chi connectivity index (χ1) is 13.4. The molecule has 1 N–H and O–H groups in total. The van der Waals surface area contributed by atoms with Gasteiger partial charge in [0.1, 0.15) is 11.3 Å². The molecule has 0 aliphatic heterocycles. The van der Waals surface area contributed by atoms with Crippen LogP contribution in [-0.2, 0) is 20.7 Å². The van der Waals surface area contributed by atoms with Crippen LogP contribution in [0.1, 0.15) is 23.6 Å². The van der Waals surface area contributed by atoms with E-state index in [4.69, 9.17) is 13.9 Å². The fraction of sp³-hybridized carbons (Fsp3) is 0.273. The Morgan fingerprint density at radius 3 is 2.61 bits per heavy atom. The van der Waals surface area contributed by atoms with Crippen molar-refractivity contribution in [3.05, 3.63) is 59.4 Å². The Morgan fingerprint density at radius 1 is 1.14 bits per heavy atom. The first-order valence-electron chi connectivity index (χ1n) is 8.99. The molecule has 1 aromatic heterocycles. The maximum atomic E-state index is 12.4. The van der Waals surface area contributed by atoms with Crippen molar-refractivity contribution in [3.63, 3.8) is 0 Å². The number of anilines is 1. The smallest absolute Gasteiger partial charge is 0.311 e. The lowest BCUT2D eigenvalue weighted by molar-refractivity contribution is -0.152. The Hall–Kier alpha value is -3.28. The number of hydrogen-bond donors (Lipinski definition) is 1. The van der Waals surface area contributed by atoms with E-state index in [9.17, 15) is 9.59 Å². The van der Waals surface area contributed by atoms with E-state index in [1.54, 1.807) is 30.5 Å². The van der Waals surface area contributed by atoms with Crippen molar-refractivity contribution in [1.82, 2.24) is 0 Å². The predicted molar refractivity (Wildman–Crippen MR) is 107 cm³/mol. The monoisotopic (exact) mass is 381 g/mol. The highest BCUT2D eigenvalue weighted by Gasteiger charge is 2.20. The summed E-state index contributed by atoms with van der Waals surface area (Å²) in [5.41, 5.74) is 4.23. The lowest BCUT2D eigenvalue weighted by Gasteiger charge is -2.15. The lowest BCUT2D eigenvalue weighted by Crippen LogP contribution is -2.30. The predicted octanol–water partition coefficient (Wildman–Crippen LogP) is 4.17. The summed E-state index contributed by atoms with van der Waals surface area (Å²) in [5, 5.41) is 3.59. The van der Waals surface area contributed by atoms with Crippen molar-refractivity contribution in [1.29, 1.82) is 0 Å². The number of para-hydroxylation sites is 2. The first-order valence-corrected chi connectivity index (χ1v) is 8.99. The number of esters is 1. The first kappa shape index (κ1) is 19.5. The molecule has 146 valence electrons. The van der Waals surface area contributed by atoms with Crippen LogP contribution in [0.4, 0.5) is 5.69 Å². The normalized spacial score (nSPS) is 11.9. The fourth-order valence-electron chi connectivity index (χ4n) is 2.90. The molecule has 1 atom stereocenters. The highest BCUT2D eigenvalue weighted by atomic mass is 16.5. The van der Waals surface area contributed by atoms with Gasteiger partial charge in [0.05, 0.1) is 25.5 Å². The quantitative estimate of drug-likeness (QED) is 0.649. The van der Waals surface area contributed by atoms with Gasteiger partial charge in [-0.25, -0.2) is 0 Å². The second-order valence-corrected chi connectivity index (χ2v) is 6.69. The number of ether oxygens (including phenoxy) is 2. The van der Waals surface area contributed by atoms with Crippen LogP contribution in [0.3, 0.4) is 0 Å². The van der Waals surface area contributed by atoms with Gasteiger partial charge in [-0.1, -0.05) is 12.1 Å². The Balaban J connectivity index is 1.64. The molecule has 0 saturated carbocycles. The summed E-state index contributed by atoms with van der Waals surface area (Å²) in [5.74, 6) is -0.394. The third-order valence-corrected chi connectivity index (χ3v) is 4.65. The Morgan fingerprint density at radius 2 is 1.86 bits per heavy atom. The molecule has 3 aromatic rings. The van der Waals surface area contributed by atoms with Crippen molar-refractivity contribution in [2.24, 2.45) is 0 Å². The number of fused-ring (bicyclic) bond motifs is 1. The maximum Gasteiger partial charge on any atom is 0.311 e. The van der Waals surface area contributed by atoms with Crippen molar-refractivity contribution in [2.75, 3.05) is 12.4 Å². The highest BCUT2D eigenvalue weighted by molar-refractivity contribution is 5.96. The third-order valence-electron chi connectivity index (χ3n) is 4.65. The molecule has 1 heterocycles. The second kappa shape index (κ2) is 8.17. The SMILES string of the molecule is COc1ccccc1NC(=O)C(C)OC(=O)Cc1coc2cc(C)c(C)cc12. The fourth-order valence-corrected chi connectivity index (χ4v) is 2.90. The van der Waals surface area contributed by atoms with Crippen molar-refractivity contribution < 1.29 is 23.5 Å². The number of nitrogens with one attached hydrogen (secondary N) is 1. The molecule has 0 radical (unpaired) electrons. The average Bonchev–Trinajstić information content (AvgIpc) is 3.03. The average molecular weight is 381 g/mol. The molecule has 28 heavy (non-hydrogen) atoms. The number of amides is 1. The molecule has 6 heteroatoms. The molecular weight excluding hydrogens is 358 g/mol. The van der Waals surface area contributed by atoms with Crippen LogP contribution in [0.25, 0.3) is 11.0 Å². The molecule has 1 unspecified atom stereocenters. The summed E-state index contributed by atoms with van der Waals surface area (Å²) in [6.45, 7) is 5.55. The molecule has 0 saturated heterocycles. The molecular formula is C22H23NO5. The molecule has 2 aromatic carbocycles. The molecule has 3 rings (SSSR count). The summed E-state index contributed by atoms with van der Waals surface area (Å²) in [6, 6.07) is 11.0. The Bertz CT molecular complexity index is 1020. The van der Waals surface area contributed by atoms with Gasteiger partial charge in [-0.3, -0.25) is 9.59 Å². The summed E-state index contributed by atoms with van der Waals surface area (Å²) < 4.78 is 16.0. The number of hydrogen-bond acceptors (Lipinski definition) is 5. The molecule has 1 amide bonds. The van der Waals surface area contributed by atoms with E-state index in [0.717, 1.165) is 27.7 Å². The molecule has 0 bridgehead atoms. The largest absolute Gasteiger partial charge is 0.495 e. The number of carbonyl (C=O) groups excluding carboxylic acids is 2. The van der Waals surface area contributed by atoms with Gasteiger partial charge in [0.2, 0.25) is 0 Å². The summed E-state index contributed by atoms with van der Waals surface area (Å²) in [7, 11) is 1.52. The highest BCUT2D eigenvalue weighted by Crippen LogP contribution is 2.26. The molecule has 0 spiro atoms. The van der Waals surface area contributed by atoms with Crippen LogP contribution in [0.15, 0.2) is 47.1 Å². The maximum absolute atomic E-state index is 12.4. The van der Waals surface area contributed by atoms with Gasteiger partial charge in [0, 0.05) is 10.9 Å². The van der Waals surface area contributed by atoms with E-state index in [-0.39, 0.29) is 6.42 Å². The number of carbonyl (C=O) groups is 2. The molecule has 0 aliphatic rings. The summed E-state index contributed by atoms with van der Waals surface area (Å²) in [6.07, 6.45) is 0.645. The lowest BCUT2D eigenvalue weighted by atomic mass is 10.0. The van der Waals surface area contributed by atoms with E-state index in [1.807, 2.05) is 26.0 Å². The summed E-state index contributed by atoms with van der Waals surface area (Å²) in [4.78, 5) is 24.7. The van der Waals surface area contributed by atoms with Gasteiger partial charge >= 0.3 is 5.97 Å². The van der Waals surface area contributed by atoms with Crippen LogP contribution in [0.2, 0.25) is 0 Å². The zero-order valence-electron chi connectivity index (χ0n) is 16.4. The number of furan rings is 1. The van der Waals surface area contributed by atoms with Gasteiger partial charge in [-0.15, -0.1) is 0 Å². The zero-order valence-corrected chi connectivity index (χ0v) is 16.4. The van der Waals surface area contributed by atoms with Crippen molar-refractivity contribution >= 4 is 28.5 Å². The number of aryl methyl sites for hydroxylation is 2. The summed E-state index contributed by atoms with van der Waals surface area (Å²) >= 11 is 0.